The molecule has 4 nitrogen and oxygen atoms in total. The predicted molar refractivity (Wildman–Crippen MR) is 54.8 cm³/mol. The summed E-state index contributed by atoms with van der Waals surface area (Å²) >= 11 is 0. The number of methoxy groups -OCH3 is 1. The van der Waals surface area contributed by atoms with Crippen molar-refractivity contribution in [2.75, 3.05) is 26.7 Å². The highest BCUT2D eigenvalue weighted by Crippen LogP contribution is 2.21. The fourth-order valence-corrected chi connectivity index (χ4v) is 2.01. The Morgan fingerprint density at radius 1 is 1.71 bits per heavy atom. The molecule has 0 aromatic carbocycles. The molecule has 2 atom stereocenters. The average Bonchev–Trinajstić information content (AvgIpc) is 2.67. The Morgan fingerprint density at radius 2 is 2.43 bits per heavy atom. The molecule has 1 saturated heterocycles. The molecule has 0 aliphatic carbocycles. The molecule has 1 aliphatic rings. The van der Waals surface area contributed by atoms with Crippen molar-refractivity contribution in [1.29, 1.82) is 0 Å². The quantitative estimate of drug-likeness (QED) is 0.659. The lowest BCUT2D eigenvalue weighted by Crippen LogP contribution is -2.45. The largest absolute Gasteiger partial charge is 0.468 e. The molecule has 2 N–H and O–H groups in total. The zero-order chi connectivity index (χ0) is 10.6. The normalized spacial score (nSPS) is 24.9. The molecule has 0 aromatic heterocycles. The minimum atomic E-state index is -0.239. The lowest BCUT2D eigenvalue weighted by atomic mass is 10.1. The second kappa shape index (κ2) is 5.32. The van der Waals surface area contributed by atoms with Crippen LogP contribution in [0.15, 0.2) is 0 Å². The van der Waals surface area contributed by atoms with Crippen LogP contribution >= 0.6 is 0 Å². The topological polar surface area (TPSA) is 55.6 Å². The standard InChI is InChI=1S/C10H20N2O2/c1-3-8-4-5-12(7-8)9(6-11)10(13)14-2/h8-9H,3-7,11H2,1-2H3. The summed E-state index contributed by atoms with van der Waals surface area (Å²) in [6.07, 6.45) is 2.35. The maximum absolute atomic E-state index is 11.4. The van der Waals surface area contributed by atoms with Crippen molar-refractivity contribution in [2.24, 2.45) is 11.7 Å². The van der Waals surface area contributed by atoms with E-state index in [9.17, 15) is 4.79 Å². The first-order chi connectivity index (χ1) is 6.72. The van der Waals surface area contributed by atoms with Crippen molar-refractivity contribution in [1.82, 2.24) is 4.90 Å². The average molecular weight is 200 g/mol. The molecule has 82 valence electrons. The SMILES string of the molecule is CCC1CCN(C(CN)C(=O)OC)C1. The third-order valence-electron chi connectivity index (χ3n) is 3.03. The summed E-state index contributed by atoms with van der Waals surface area (Å²) in [5, 5.41) is 0. The van der Waals surface area contributed by atoms with Crippen LogP contribution < -0.4 is 5.73 Å². The number of ether oxygens (including phenoxy) is 1. The van der Waals surface area contributed by atoms with E-state index in [1.165, 1.54) is 20.0 Å². The van der Waals surface area contributed by atoms with Gasteiger partial charge < -0.3 is 10.5 Å². The Morgan fingerprint density at radius 3 is 2.86 bits per heavy atom. The van der Waals surface area contributed by atoms with Gasteiger partial charge in [-0.05, 0) is 18.9 Å². The first kappa shape index (κ1) is 11.5. The van der Waals surface area contributed by atoms with E-state index >= 15 is 0 Å². The molecular weight excluding hydrogens is 180 g/mol. The van der Waals surface area contributed by atoms with Gasteiger partial charge >= 0.3 is 5.97 Å². The Hall–Kier alpha value is -0.610. The molecule has 14 heavy (non-hydrogen) atoms. The van der Waals surface area contributed by atoms with E-state index in [4.69, 9.17) is 10.5 Å². The highest BCUT2D eigenvalue weighted by molar-refractivity contribution is 5.76. The van der Waals surface area contributed by atoms with E-state index in [2.05, 4.69) is 11.8 Å². The second-order valence-corrected chi connectivity index (χ2v) is 3.83. The number of hydrogen-bond donors (Lipinski definition) is 1. The lowest BCUT2D eigenvalue weighted by Gasteiger charge is -2.23. The molecule has 4 heteroatoms. The van der Waals surface area contributed by atoms with Crippen molar-refractivity contribution in [3.05, 3.63) is 0 Å². The van der Waals surface area contributed by atoms with E-state index in [1.807, 2.05) is 0 Å². The zero-order valence-corrected chi connectivity index (χ0v) is 9.03. The van der Waals surface area contributed by atoms with E-state index in [0.29, 0.717) is 12.5 Å². The first-order valence-electron chi connectivity index (χ1n) is 5.24. The summed E-state index contributed by atoms with van der Waals surface area (Å²) in [5.41, 5.74) is 5.57. The summed E-state index contributed by atoms with van der Waals surface area (Å²) in [4.78, 5) is 13.5. The number of nitrogens with zero attached hydrogens (tertiary/aromatic N) is 1. The minimum Gasteiger partial charge on any atom is -0.468 e. The van der Waals surface area contributed by atoms with Gasteiger partial charge in [-0.25, -0.2) is 0 Å². The molecular formula is C10H20N2O2. The van der Waals surface area contributed by atoms with Gasteiger partial charge in [0.2, 0.25) is 0 Å². The predicted octanol–water partition coefficient (Wildman–Crippen LogP) is 0.219. The van der Waals surface area contributed by atoms with Crippen molar-refractivity contribution in [2.45, 2.75) is 25.8 Å². The van der Waals surface area contributed by atoms with E-state index < -0.39 is 0 Å². The number of likely N-dealkylation sites (tertiary alicyclic amines) is 1. The van der Waals surface area contributed by atoms with Crippen LogP contribution in [0.5, 0.6) is 0 Å². The van der Waals surface area contributed by atoms with Crippen LogP contribution in [-0.2, 0) is 9.53 Å². The van der Waals surface area contributed by atoms with Crippen LogP contribution in [0.2, 0.25) is 0 Å². The number of hydrogen-bond acceptors (Lipinski definition) is 4. The van der Waals surface area contributed by atoms with Crippen LogP contribution in [-0.4, -0.2) is 43.7 Å². The molecule has 1 rings (SSSR count). The summed E-state index contributed by atoms with van der Waals surface area (Å²) in [5.74, 6) is 0.512. The van der Waals surface area contributed by atoms with Gasteiger partial charge in [0.15, 0.2) is 0 Å². The number of rotatable bonds is 4. The van der Waals surface area contributed by atoms with Crippen LogP contribution in [0, 0.1) is 5.92 Å². The van der Waals surface area contributed by atoms with Crippen molar-refractivity contribution in [3.63, 3.8) is 0 Å². The van der Waals surface area contributed by atoms with Crippen LogP contribution in [0.4, 0.5) is 0 Å². The number of carbonyl (C=O) groups is 1. The fraction of sp³-hybridized carbons (Fsp3) is 0.900. The molecule has 1 heterocycles. The second-order valence-electron chi connectivity index (χ2n) is 3.83. The molecule has 0 spiro atoms. The van der Waals surface area contributed by atoms with Crippen LogP contribution in [0.3, 0.4) is 0 Å². The van der Waals surface area contributed by atoms with Gasteiger partial charge in [0.05, 0.1) is 7.11 Å². The summed E-state index contributed by atoms with van der Waals surface area (Å²) in [6, 6.07) is -0.239. The number of nitrogens with two attached hydrogens (primary N) is 1. The summed E-state index contributed by atoms with van der Waals surface area (Å²) in [6.45, 7) is 4.48. The molecule has 0 radical (unpaired) electrons. The maximum atomic E-state index is 11.4. The zero-order valence-electron chi connectivity index (χ0n) is 9.03. The van der Waals surface area contributed by atoms with Gasteiger partial charge in [-0.2, -0.15) is 0 Å². The molecule has 0 amide bonds. The van der Waals surface area contributed by atoms with Gasteiger partial charge in [-0.1, -0.05) is 13.3 Å². The van der Waals surface area contributed by atoms with Crippen molar-refractivity contribution < 1.29 is 9.53 Å². The van der Waals surface area contributed by atoms with Crippen molar-refractivity contribution in [3.8, 4) is 0 Å². The molecule has 0 bridgehead atoms. The molecule has 0 saturated carbocycles. The Balaban J connectivity index is 2.50. The third kappa shape index (κ3) is 2.45. The van der Waals surface area contributed by atoms with Gasteiger partial charge in [0, 0.05) is 13.1 Å². The molecule has 0 aromatic rings. The van der Waals surface area contributed by atoms with E-state index in [1.54, 1.807) is 0 Å². The smallest absolute Gasteiger partial charge is 0.324 e. The minimum absolute atomic E-state index is 0.204. The Bertz CT molecular complexity index is 197. The van der Waals surface area contributed by atoms with E-state index in [0.717, 1.165) is 13.1 Å². The van der Waals surface area contributed by atoms with Crippen LogP contribution in [0.25, 0.3) is 0 Å². The summed E-state index contributed by atoms with van der Waals surface area (Å²) in [7, 11) is 1.42. The Labute approximate surface area is 85.4 Å². The maximum Gasteiger partial charge on any atom is 0.324 e. The van der Waals surface area contributed by atoms with Crippen LogP contribution in [0.1, 0.15) is 19.8 Å². The highest BCUT2D eigenvalue weighted by atomic mass is 16.5. The van der Waals surface area contributed by atoms with Gasteiger partial charge in [-0.15, -0.1) is 0 Å². The first-order valence-corrected chi connectivity index (χ1v) is 5.24. The molecule has 1 fully saturated rings. The molecule has 1 aliphatic heterocycles. The monoisotopic (exact) mass is 200 g/mol. The van der Waals surface area contributed by atoms with Gasteiger partial charge in [0.1, 0.15) is 6.04 Å². The van der Waals surface area contributed by atoms with Gasteiger partial charge in [-0.3, -0.25) is 9.69 Å². The third-order valence-corrected chi connectivity index (χ3v) is 3.03. The molecule has 2 unspecified atom stereocenters. The highest BCUT2D eigenvalue weighted by Gasteiger charge is 2.31. The van der Waals surface area contributed by atoms with E-state index in [-0.39, 0.29) is 12.0 Å². The fourth-order valence-electron chi connectivity index (χ4n) is 2.01. The summed E-state index contributed by atoms with van der Waals surface area (Å²) < 4.78 is 4.72. The lowest BCUT2D eigenvalue weighted by molar-refractivity contribution is -0.146. The number of esters is 1. The van der Waals surface area contributed by atoms with Crippen molar-refractivity contribution >= 4 is 5.97 Å². The number of carbonyl (C=O) groups excluding carboxylic acids is 1. The Kier molecular flexibility index (Phi) is 4.35. The van der Waals surface area contributed by atoms with Gasteiger partial charge in [0.25, 0.3) is 0 Å².